The lowest BCUT2D eigenvalue weighted by Crippen LogP contribution is -2.20. The van der Waals surface area contributed by atoms with Gasteiger partial charge < -0.3 is 5.73 Å². The van der Waals surface area contributed by atoms with Gasteiger partial charge in [0.2, 0.25) is 0 Å². The van der Waals surface area contributed by atoms with Crippen LogP contribution < -0.4 is 5.73 Å². The summed E-state index contributed by atoms with van der Waals surface area (Å²) < 4.78 is 29.0. The van der Waals surface area contributed by atoms with Crippen LogP contribution >= 0.6 is 0 Å². The van der Waals surface area contributed by atoms with Crippen molar-refractivity contribution in [3.63, 3.8) is 0 Å². The van der Waals surface area contributed by atoms with Gasteiger partial charge in [-0.15, -0.1) is 0 Å². The largest absolute Gasteiger partial charge is 0.322 e. The Kier molecular flexibility index (Phi) is 4.54. The Morgan fingerprint density at radius 1 is 1.05 bits per heavy atom. The lowest BCUT2D eigenvalue weighted by molar-refractivity contribution is 0.293. The van der Waals surface area contributed by atoms with E-state index in [0.717, 1.165) is 11.1 Å². The summed E-state index contributed by atoms with van der Waals surface area (Å²) >= 11 is 0. The molecule has 2 rings (SSSR count). The fourth-order valence-electron chi connectivity index (χ4n) is 1.73. The van der Waals surface area contributed by atoms with Crippen LogP contribution in [0.15, 0.2) is 59.5 Å². The van der Waals surface area contributed by atoms with Gasteiger partial charge in [-0.1, -0.05) is 48.0 Å². The molecule has 0 radical (unpaired) electrons. The second-order valence-corrected chi connectivity index (χ2v) is 6.18. The minimum atomic E-state index is -3.76. The third-order valence-corrected chi connectivity index (χ3v) is 4.24. The van der Waals surface area contributed by atoms with Crippen LogP contribution in [0.25, 0.3) is 0 Å². The Labute approximate surface area is 119 Å². The van der Waals surface area contributed by atoms with Crippen LogP contribution in [0.1, 0.15) is 17.2 Å². The molecule has 0 spiro atoms. The van der Waals surface area contributed by atoms with E-state index < -0.39 is 16.2 Å². The molecule has 1 atom stereocenters. The summed E-state index contributed by atoms with van der Waals surface area (Å²) in [6, 6.07) is 15.3. The van der Waals surface area contributed by atoms with E-state index in [9.17, 15) is 8.42 Å². The van der Waals surface area contributed by atoms with Crippen molar-refractivity contribution in [3.05, 3.63) is 65.7 Å². The van der Waals surface area contributed by atoms with Crippen molar-refractivity contribution in [1.82, 2.24) is 0 Å². The molecule has 20 heavy (non-hydrogen) atoms. The van der Waals surface area contributed by atoms with Gasteiger partial charge >= 0.3 is 0 Å². The average Bonchev–Trinajstić information content (AvgIpc) is 2.46. The molecule has 0 fully saturated rings. The van der Waals surface area contributed by atoms with Gasteiger partial charge in [0.25, 0.3) is 10.1 Å². The smallest absolute Gasteiger partial charge is 0.297 e. The molecular formula is C15H17NO3S. The molecule has 2 N–H and O–H groups in total. The third kappa shape index (κ3) is 3.66. The molecule has 0 saturated heterocycles. The number of rotatable bonds is 5. The van der Waals surface area contributed by atoms with E-state index in [1.807, 2.05) is 37.3 Å². The lowest BCUT2D eigenvalue weighted by Gasteiger charge is -2.12. The number of aryl methyl sites for hydroxylation is 1. The standard InChI is InChI=1S/C15H17NO3S/c1-12-7-9-14(10-8-12)20(17,18)19-11-15(16)13-5-3-2-4-6-13/h2-10,15H,11,16H2,1H3. The first-order valence-corrected chi connectivity index (χ1v) is 7.66. The highest BCUT2D eigenvalue weighted by molar-refractivity contribution is 7.86. The zero-order chi connectivity index (χ0) is 14.6. The predicted octanol–water partition coefficient (Wildman–Crippen LogP) is 2.40. The Hall–Kier alpha value is -1.69. The van der Waals surface area contributed by atoms with Crippen molar-refractivity contribution >= 4 is 10.1 Å². The molecule has 0 bridgehead atoms. The summed E-state index contributed by atoms with van der Waals surface area (Å²) in [6.07, 6.45) is 0. The van der Waals surface area contributed by atoms with Gasteiger partial charge in [0, 0.05) is 0 Å². The summed E-state index contributed by atoms with van der Waals surface area (Å²) in [5.74, 6) is 0. The number of hydrogen-bond acceptors (Lipinski definition) is 4. The second kappa shape index (κ2) is 6.17. The van der Waals surface area contributed by atoms with E-state index in [0.29, 0.717) is 0 Å². The highest BCUT2D eigenvalue weighted by atomic mass is 32.2. The summed E-state index contributed by atoms with van der Waals surface area (Å²) in [6.45, 7) is 1.81. The highest BCUT2D eigenvalue weighted by Gasteiger charge is 2.17. The second-order valence-electron chi connectivity index (χ2n) is 4.57. The van der Waals surface area contributed by atoms with E-state index in [-0.39, 0.29) is 11.5 Å². The Morgan fingerprint density at radius 3 is 2.25 bits per heavy atom. The number of hydrogen-bond donors (Lipinski definition) is 1. The van der Waals surface area contributed by atoms with Gasteiger partial charge in [-0.3, -0.25) is 4.18 Å². The van der Waals surface area contributed by atoms with Crippen LogP contribution in [0.5, 0.6) is 0 Å². The molecule has 0 saturated carbocycles. The maximum absolute atomic E-state index is 12.0. The molecule has 2 aromatic carbocycles. The van der Waals surface area contributed by atoms with Crippen molar-refractivity contribution in [1.29, 1.82) is 0 Å². The van der Waals surface area contributed by atoms with Gasteiger partial charge in [0.15, 0.2) is 0 Å². The molecule has 2 aromatic rings. The summed E-state index contributed by atoms with van der Waals surface area (Å²) in [7, 11) is -3.76. The van der Waals surface area contributed by atoms with E-state index in [4.69, 9.17) is 9.92 Å². The van der Waals surface area contributed by atoms with Crippen LogP contribution in [-0.2, 0) is 14.3 Å². The Morgan fingerprint density at radius 2 is 1.65 bits per heavy atom. The minimum Gasteiger partial charge on any atom is -0.322 e. The Bertz CT molecular complexity index is 651. The van der Waals surface area contributed by atoms with E-state index in [1.54, 1.807) is 12.1 Å². The first-order chi connectivity index (χ1) is 9.49. The predicted molar refractivity (Wildman–Crippen MR) is 77.7 cm³/mol. The van der Waals surface area contributed by atoms with Gasteiger partial charge in [0.1, 0.15) is 0 Å². The van der Waals surface area contributed by atoms with Crippen LogP contribution in [0.2, 0.25) is 0 Å². The lowest BCUT2D eigenvalue weighted by atomic mass is 10.1. The zero-order valence-electron chi connectivity index (χ0n) is 11.2. The van der Waals surface area contributed by atoms with E-state index in [1.165, 1.54) is 12.1 Å². The van der Waals surface area contributed by atoms with Gasteiger partial charge in [-0.2, -0.15) is 8.42 Å². The third-order valence-electron chi connectivity index (χ3n) is 2.94. The fraction of sp³-hybridized carbons (Fsp3) is 0.200. The topological polar surface area (TPSA) is 69.4 Å². The van der Waals surface area contributed by atoms with Crippen molar-refractivity contribution in [2.45, 2.75) is 17.9 Å². The minimum absolute atomic E-state index is 0.0831. The van der Waals surface area contributed by atoms with Crippen molar-refractivity contribution in [2.24, 2.45) is 5.73 Å². The normalized spacial score (nSPS) is 13.1. The van der Waals surface area contributed by atoms with Gasteiger partial charge in [-0.25, -0.2) is 0 Å². The molecule has 1 unspecified atom stereocenters. The quantitative estimate of drug-likeness (QED) is 0.859. The fourth-order valence-corrected chi connectivity index (χ4v) is 2.66. The van der Waals surface area contributed by atoms with Crippen LogP contribution in [0, 0.1) is 6.92 Å². The van der Waals surface area contributed by atoms with Gasteiger partial charge in [-0.05, 0) is 24.6 Å². The molecule has 0 aliphatic heterocycles. The summed E-state index contributed by atoms with van der Waals surface area (Å²) in [5, 5.41) is 0. The molecule has 4 nitrogen and oxygen atoms in total. The molecule has 0 aliphatic rings. The first kappa shape index (κ1) is 14.7. The van der Waals surface area contributed by atoms with Crippen molar-refractivity contribution in [3.8, 4) is 0 Å². The molecule has 106 valence electrons. The highest BCUT2D eigenvalue weighted by Crippen LogP contribution is 2.16. The molecule has 0 amide bonds. The van der Waals surface area contributed by atoms with Crippen molar-refractivity contribution < 1.29 is 12.6 Å². The first-order valence-electron chi connectivity index (χ1n) is 6.26. The number of benzene rings is 2. The molecule has 5 heteroatoms. The zero-order valence-corrected chi connectivity index (χ0v) is 12.0. The van der Waals surface area contributed by atoms with Crippen LogP contribution in [0.3, 0.4) is 0 Å². The Balaban J connectivity index is 2.04. The molecule has 0 aromatic heterocycles. The maximum atomic E-state index is 12.0. The molecule has 0 heterocycles. The molecular weight excluding hydrogens is 274 g/mol. The van der Waals surface area contributed by atoms with Gasteiger partial charge in [0.05, 0.1) is 17.5 Å². The monoisotopic (exact) mass is 291 g/mol. The van der Waals surface area contributed by atoms with E-state index in [2.05, 4.69) is 0 Å². The van der Waals surface area contributed by atoms with Crippen molar-refractivity contribution in [2.75, 3.05) is 6.61 Å². The molecule has 0 aliphatic carbocycles. The summed E-state index contributed by atoms with van der Waals surface area (Å²) in [5.41, 5.74) is 7.75. The SMILES string of the molecule is Cc1ccc(S(=O)(=O)OCC(N)c2ccccc2)cc1. The van der Waals surface area contributed by atoms with Crippen LogP contribution in [0.4, 0.5) is 0 Å². The summed E-state index contributed by atoms with van der Waals surface area (Å²) in [4.78, 5) is 0.142. The van der Waals surface area contributed by atoms with E-state index >= 15 is 0 Å². The number of nitrogens with two attached hydrogens (primary N) is 1. The maximum Gasteiger partial charge on any atom is 0.297 e. The van der Waals surface area contributed by atoms with Crippen LogP contribution in [-0.4, -0.2) is 15.0 Å². The average molecular weight is 291 g/mol.